The third-order valence-electron chi connectivity index (χ3n) is 8.52. The molecule has 41 heavy (non-hydrogen) atoms. The van der Waals surface area contributed by atoms with Gasteiger partial charge in [-0.3, -0.25) is 14.5 Å². The first kappa shape index (κ1) is 27.2. The summed E-state index contributed by atoms with van der Waals surface area (Å²) in [4.78, 5) is 45.2. The fourth-order valence-corrected chi connectivity index (χ4v) is 6.00. The molecule has 0 aliphatic carbocycles. The van der Waals surface area contributed by atoms with E-state index in [2.05, 4.69) is 32.1 Å². The number of hydrogen-bond donors (Lipinski definition) is 1. The molecular weight excluding hydrogens is 525 g/mol. The number of aryl methyl sites for hydroxylation is 1. The zero-order valence-electron chi connectivity index (χ0n) is 24.0. The molecule has 2 saturated heterocycles. The third kappa shape index (κ3) is 5.13. The highest BCUT2D eigenvalue weighted by atomic mass is 19.1. The number of piperidine rings is 1. The first-order valence-electron chi connectivity index (χ1n) is 14.0. The molecular formula is C29H36FN9O2. The summed E-state index contributed by atoms with van der Waals surface area (Å²) in [5.41, 5.74) is 2.34. The van der Waals surface area contributed by atoms with Gasteiger partial charge in [0.15, 0.2) is 5.82 Å². The molecule has 6 rings (SSSR count). The second-order valence-electron chi connectivity index (χ2n) is 11.2. The van der Waals surface area contributed by atoms with Gasteiger partial charge in [-0.1, -0.05) is 0 Å². The van der Waals surface area contributed by atoms with Crippen LogP contribution in [0.3, 0.4) is 0 Å². The largest absolute Gasteiger partial charge is 0.354 e. The highest BCUT2D eigenvalue weighted by Crippen LogP contribution is 2.38. The van der Waals surface area contributed by atoms with E-state index in [1.165, 1.54) is 17.0 Å². The van der Waals surface area contributed by atoms with Crippen molar-refractivity contribution in [3.63, 3.8) is 0 Å². The summed E-state index contributed by atoms with van der Waals surface area (Å²) in [5, 5.41) is 3.05. The first-order chi connectivity index (χ1) is 19.7. The highest BCUT2D eigenvalue weighted by molar-refractivity contribution is 6.13. The third-order valence-corrected chi connectivity index (χ3v) is 8.52. The molecule has 216 valence electrons. The summed E-state index contributed by atoms with van der Waals surface area (Å²) >= 11 is 0. The van der Waals surface area contributed by atoms with Crippen LogP contribution in [0.1, 0.15) is 33.6 Å². The molecule has 3 aliphatic heterocycles. The molecule has 2 fully saturated rings. The van der Waals surface area contributed by atoms with Crippen LogP contribution in [0, 0.1) is 5.82 Å². The van der Waals surface area contributed by atoms with Crippen LogP contribution in [0.15, 0.2) is 36.8 Å². The van der Waals surface area contributed by atoms with E-state index < -0.39 is 5.82 Å². The van der Waals surface area contributed by atoms with E-state index in [9.17, 15) is 9.59 Å². The van der Waals surface area contributed by atoms with Crippen molar-refractivity contribution in [2.24, 2.45) is 7.05 Å². The number of halogens is 1. The Hall–Kier alpha value is -4.03. The standard InChI is InChI=1S/C29H36FN9O2/c1-34-11-13-38(14-12-34)20-7-9-39(10-8-20)28(41)21-6-5-19(15-23(21)30)32-29-31-16-24-26(33-29)36(3)25-18-35(2)17-22(25)27(40)37(24)4/h5-6,15-18,20H,7-14H2,1-4H3,(H,31,32,33). The fourth-order valence-electron chi connectivity index (χ4n) is 6.00. The molecule has 0 atom stereocenters. The maximum absolute atomic E-state index is 15.2. The lowest BCUT2D eigenvalue weighted by Gasteiger charge is -2.42. The SMILES string of the molecule is CN1CCN(C2CCN(C(=O)c3ccc(Nc4ncc5c(n4)N(C)c4cn(C)cc4C(=O)N5C)cc3F)CC2)CC1. The van der Waals surface area contributed by atoms with Crippen LogP contribution in [-0.2, 0) is 7.05 Å². The Bertz CT molecular complexity index is 1470. The molecule has 0 bridgehead atoms. The number of piperazine rings is 1. The van der Waals surface area contributed by atoms with Crippen LogP contribution in [0.25, 0.3) is 0 Å². The predicted octanol–water partition coefficient (Wildman–Crippen LogP) is 2.91. The second kappa shape index (κ2) is 10.7. The van der Waals surface area contributed by atoms with E-state index in [4.69, 9.17) is 0 Å². The molecule has 2 aromatic heterocycles. The van der Waals surface area contributed by atoms with Gasteiger partial charge in [0, 0.05) is 84.5 Å². The van der Waals surface area contributed by atoms with E-state index in [1.54, 1.807) is 30.4 Å². The van der Waals surface area contributed by atoms with Crippen molar-refractivity contribution >= 4 is 40.6 Å². The second-order valence-corrected chi connectivity index (χ2v) is 11.2. The van der Waals surface area contributed by atoms with Crippen LogP contribution in [-0.4, -0.2) is 108 Å². The lowest BCUT2D eigenvalue weighted by molar-refractivity contribution is 0.0515. The molecule has 2 amide bonds. The molecule has 3 aliphatic rings. The van der Waals surface area contributed by atoms with Gasteiger partial charge in [-0.25, -0.2) is 9.37 Å². The normalized spacial score (nSPS) is 18.8. The van der Waals surface area contributed by atoms with Crippen molar-refractivity contribution in [1.82, 2.24) is 29.2 Å². The predicted molar refractivity (Wildman–Crippen MR) is 156 cm³/mol. The number of benzene rings is 1. The Morgan fingerprint density at radius 2 is 1.68 bits per heavy atom. The molecule has 5 heterocycles. The smallest absolute Gasteiger partial charge is 0.261 e. The summed E-state index contributed by atoms with van der Waals surface area (Å²) in [6.45, 7) is 5.53. The van der Waals surface area contributed by atoms with Crippen LogP contribution in [0.5, 0.6) is 0 Å². The molecule has 0 radical (unpaired) electrons. The van der Waals surface area contributed by atoms with Gasteiger partial charge in [0.25, 0.3) is 11.8 Å². The van der Waals surface area contributed by atoms with Gasteiger partial charge in [0.1, 0.15) is 11.5 Å². The number of amides is 2. The number of carbonyl (C=O) groups is 2. The van der Waals surface area contributed by atoms with Gasteiger partial charge in [-0.15, -0.1) is 0 Å². The number of nitrogens with one attached hydrogen (secondary N) is 1. The Morgan fingerprint density at radius 3 is 2.39 bits per heavy atom. The molecule has 0 unspecified atom stereocenters. The summed E-state index contributed by atoms with van der Waals surface area (Å²) in [7, 11) is 7.54. The average Bonchev–Trinajstić information content (AvgIpc) is 3.35. The topological polar surface area (TPSA) is 93.1 Å². The number of likely N-dealkylation sites (N-methyl/N-ethyl adjacent to an activating group) is 1. The summed E-state index contributed by atoms with van der Waals surface area (Å²) in [6, 6.07) is 4.96. The van der Waals surface area contributed by atoms with Crippen molar-refractivity contribution in [2.75, 3.05) is 75.5 Å². The molecule has 3 aromatic rings. The van der Waals surface area contributed by atoms with Crippen molar-refractivity contribution in [1.29, 1.82) is 0 Å². The van der Waals surface area contributed by atoms with E-state index in [-0.39, 0.29) is 23.3 Å². The van der Waals surface area contributed by atoms with Gasteiger partial charge in [0.2, 0.25) is 5.95 Å². The number of aromatic nitrogens is 3. The lowest BCUT2D eigenvalue weighted by atomic mass is 10.0. The minimum Gasteiger partial charge on any atom is -0.354 e. The Labute approximate surface area is 239 Å². The zero-order valence-corrected chi connectivity index (χ0v) is 24.0. The summed E-state index contributed by atoms with van der Waals surface area (Å²) in [5.74, 6) is -0.232. The number of likely N-dealkylation sites (tertiary alicyclic amines) is 1. The summed E-state index contributed by atoms with van der Waals surface area (Å²) in [6.07, 6.45) is 7.04. The van der Waals surface area contributed by atoms with Gasteiger partial charge in [-0.2, -0.15) is 4.98 Å². The van der Waals surface area contributed by atoms with E-state index in [0.717, 1.165) is 44.7 Å². The Balaban J connectivity index is 1.14. The molecule has 0 saturated carbocycles. The Kier molecular flexibility index (Phi) is 7.12. The number of nitrogens with zero attached hydrogens (tertiary/aromatic N) is 8. The van der Waals surface area contributed by atoms with Gasteiger partial charge >= 0.3 is 0 Å². The van der Waals surface area contributed by atoms with Crippen LogP contribution in [0.2, 0.25) is 0 Å². The van der Waals surface area contributed by atoms with Crippen LogP contribution < -0.4 is 15.1 Å². The number of hydrogen-bond acceptors (Lipinski definition) is 8. The van der Waals surface area contributed by atoms with Gasteiger partial charge < -0.3 is 29.5 Å². The molecule has 0 spiro atoms. The fraction of sp³-hybridized carbons (Fsp3) is 0.448. The van der Waals surface area contributed by atoms with Crippen molar-refractivity contribution in [2.45, 2.75) is 18.9 Å². The van der Waals surface area contributed by atoms with Crippen molar-refractivity contribution < 1.29 is 14.0 Å². The number of carbonyl (C=O) groups excluding carboxylic acids is 2. The molecule has 12 heteroatoms. The van der Waals surface area contributed by atoms with Gasteiger partial charge in [0.05, 0.1) is 23.0 Å². The quantitative estimate of drug-likeness (QED) is 0.520. The zero-order chi connectivity index (χ0) is 28.8. The van der Waals surface area contributed by atoms with Crippen LogP contribution >= 0.6 is 0 Å². The number of rotatable bonds is 4. The van der Waals surface area contributed by atoms with Crippen molar-refractivity contribution in [3.05, 3.63) is 53.7 Å². The highest BCUT2D eigenvalue weighted by Gasteiger charge is 2.31. The first-order valence-corrected chi connectivity index (χ1v) is 14.0. The average molecular weight is 562 g/mol. The lowest BCUT2D eigenvalue weighted by Crippen LogP contribution is -2.53. The monoisotopic (exact) mass is 561 g/mol. The van der Waals surface area contributed by atoms with E-state index in [0.29, 0.717) is 41.9 Å². The maximum Gasteiger partial charge on any atom is 0.261 e. The Morgan fingerprint density at radius 1 is 0.951 bits per heavy atom. The van der Waals surface area contributed by atoms with Gasteiger partial charge in [-0.05, 0) is 38.1 Å². The number of anilines is 5. The van der Waals surface area contributed by atoms with E-state index >= 15 is 4.39 Å². The minimum absolute atomic E-state index is 0.0629. The minimum atomic E-state index is -0.590. The van der Waals surface area contributed by atoms with E-state index in [1.807, 2.05) is 29.8 Å². The summed E-state index contributed by atoms with van der Waals surface area (Å²) < 4.78 is 17.1. The molecule has 1 N–H and O–H groups in total. The van der Waals surface area contributed by atoms with Crippen molar-refractivity contribution in [3.8, 4) is 0 Å². The van der Waals surface area contributed by atoms with Crippen LogP contribution in [0.4, 0.5) is 33.2 Å². The number of fused-ring (bicyclic) bond motifs is 2. The molecule has 11 nitrogen and oxygen atoms in total. The maximum atomic E-state index is 15.2. The molecule has 1 aromatic carbocycles.